The zero-order valence-electron chi connectivity index (χ0n) is 17.8. The van der Waals surface area contributed by atoms with E-state index >= 15 is 0 Å². The van der Waals surface area contributed by atoms with Crippen molar-refractivity contribution in [2.45, 2.75) is 45.9 Å². The Balaban J connectivity index is 0.000000477. The quantitative estimate of drug-likeness (QED) is 0.607. The standard InChI is InChI=1S/C14H11F5N2O2.C4H7F2N.C2H6/c1-6-3-10(12(22)20-2)21-11-8(6)4-7(23-13(15)16)5-9(11)14(17,18)19;5-4(6)1-2-7-3-4;1-2/h3-5,13H,1-2H3,(H,20,22);7H,1-3H2;1-2H3. The van der Waals surface area contributed by atoms with Crippen LogP contribution in [0.15, 0.2) is 18.2 Å². The van der Waals surface area contributed by atoms with Crippen LogP contribution in [-0.4, -0.2) is 43.6 Å². The van der Waals surface area contributed by atoms with Gasteiger partial charge in [-0.05, 0) is 30.7 Å². The van der Waals surface area contributed by atoms with Crippen molar-refractivity contribution < 1.29 is 40.3 Å². The minimum atomic E-state index is -4.85. The largest absolute Gasteiger partial charge is 0.435 e. The summed E-state index contributed by atoms with van der Waals surface area (Å²) in [7, 11) is 1.31. The number of hydrogen-bond donors (Lipinski definition) is 2. The van der Waals surface area contributed by atoms with Crippen molar-refractivity contribution in [3.63, 3.8) is 0 Å². The van der Waals surface area contributed by atoms with Gasteiger partial charge in [-0.15, -0.1) is 0 Å². The molecule has 32 heavy (non-hydrogen) atoms. The predicted molar refractivity (Wildman–Crippen MR) is 105 cm³/mol. The molecule has 2 heterocycles. The van der Waals surface area contributed by atoms with Crippen molar-refractivity contribution in [3.05, 3.63) is 35.0 Å². The lowest BCUT2D eigenvalue weighted by molar-refractivity contribution is -0.136. The molecule has 5 nitrogen and oxygen atoms in total. The number of pyridine rings is 1. The van der Waals surface area contributed by atoms with E-state index in [4.69, 9.17) is 0 Å². The normalized spacial score (nSPS) is 14.9. The van der Waals surface area contributed by atoms with Gasteiger partial charge in [0.2, 0.25) is 0 Å². The molecule has 1 saturated heterocycles. The Labute approximate surface area is 180 Å². The van der Waals surface area contributed by atoms with E-state index in [1.165, 1.54) is 20.0 Å². The molecule has 12 heteroatoms. The molecule has 180 valence electrons. The third kappa shape index (κ3) is 7.50. The van der Waals surface area contributed by atoms with Gasteiger partial charge < -0.3 is 15.4 Å². The lowest BCUT2D eigenvalue weighted by Crippen LogP contribution is -2.20. The van der Waals surface area contributed by atoms with E-state index in [2.05, 4.69) is 20.4 Å². The van der Waals surface area contributed by atoms with Gasteiger partial charge in [0.05, 0.1) is 17.6 Å². The number of halogens is 7. The van der Waals surface area contributed by atoms with E-state index in [0.29, 0.717) is 12.6 Å². The van der Waals surface area contributed by atoms with Crippen LogP contribution in [0, 0.1) is 6.92 Å². The molecule has 2 N–H and O–H groups in total. The molecular weight excluding hydrogens is 447 g/mol. The highest BCUT2D eigenvalue weighted by Gasteiger charge is 2.35. The molecule has 0 radical (unpaired) electrons. The molecule has 0 unspecified atom stereocenters. The summed E-state index contributed by atoms with van der Waals surface area (Å²) in [6.07, 6.45) is -4.84. The molecule has 1 aliphatic rings. The number of nitrogens with one attached hydrogen (secondary N) is 2. The first-order valence-electron chi connectivity index (χ1n) is 9.62. The van der Waals surface area contributed by atoms with E-state index in [0.717, 1.165) is 6.07 Å². The molecule has 2 aromatic rings. The highest BCUT2D eigenvalue weighted by atomic mass is 19.4. The highest BCUT2D eigenvalue weighted by Crippen LogP contribution is 2.38. The number of carbonyl (C=O) groups is 1. The van der Waals surface area contributed by atoms with Crippen LogP contribution in [-0.2, 0) is 6.18 Å². The summed E-state index contributed by atoms with van der Waals surface area (Å²) in [5.74, 6) is -3.70. The van der Waals surface area contributed by atoms with Crippen molar-refractivity contribution in [2.24, 2.45) is 0 Å². The summed E-state index contributed by atoms with van der Waals surface area (Å²) >= 11 is 0. The van der Waals surface area contributed by atoms with E-state index in [1.54, 1.807) is 0 Å². The summed E-state index contributed by atoms with van der Waals surface area (Å²) < 4.78 is 92.0. The number of carbonyl (C=O) groups excluding carboxylic acids is 1. The number of aromatic nitrogens is 1. The topological polar surface area (TPSA) is 63.2 Å². The second-order valence-electron chi connectivity index (χ2n) is 6.43. The molecule has 0 spiro atoms. The first-order valence-corrected chi connectivity index (χ1v) is 9.62. The SMILES string of the molecule is CC.CNC(=O)c1cc(C)c2cc(OC(F)F)cc(C(F)(F)F)c2n1.FC1(F)CCNC1. The molecule has 0 atom stereocenters. The molecular formula is C20H24F7N3O2. The number of benzene rings is 1. The first-order chi connectivity index (χ1) is 14.8. The predicted octanol–water partition coefficient (Wildman–Crippen LogP) is 5.16. The van der Waals surface area contributed by atoms with Crippen LogP contribution in [0.25, 0.3) is 10.9 Å². The molecule has 0 aliphatic carbocycles. The molecule has 1 fully saturated rings. The number of amides is 1. The molecule has 0 saturated carbocycles. The van der Waals surface area contributed by atoms with E-state index < -0.39 is 41.4 Å². The summed E-state index contributed by atoms with van der Waals surface area (Å²) in [5.41, 5.74) is -1.68. The number of alkyl halides is 7. The van der Waals surface area contributed by atoms with Crippen LogP contribution < -0.4 is 15.4 Å². The van der Waals surface area contributed by atoms with Crippen molar-refractivity contribution in [2.75, 3.05) is 20.1 Å². The van der Waals surface area contributed by atoms with E-state index in [1.807, 2.05) is 13.8 Å². The van der Waals surface area contributed by atoms with Crippen molar-refractivity contribution in [1.29, 1.82) is 0 Å². The van der Waals surface area contributed by atoms with Crippen LogP contribution in [0.2, 0.25) is 0 Å². The van der Waals surface area contributed by atoms with Crippen LogP contribution in [0.1, 0.15) is 41.9 Å². The Bertz CT molecular complexity index is 910. The van der Waals surface area contributed by atoms with Crippen LogP contribution in [0.4, 0.5) is 30.7 Å². The molecule has 1 aromatic heterocycles. The van der Waals surface area contributed by atoms with Gasteiger partial charge in [0.25, 0.3) is 11.8 Å². The minimum Gasteiger partial charge on any atom is -0.435 e. The highest BCUT2D eigenvalue weighted by molar-refractivity contribution is 5.96. The van der Waals surface area contributed by atoms with Crippen molar-refractivity contribution >= 4 is 16.8 Å². The van der Waals surface area contributed by atoms with Gasteiger partial charge in [-0.3, -0.25) is 4.79 Å². The van der Waals surface area contributed by atoms with Gasteiger partial charge in [-0.1, -0.05) is 13.8 Å². The number of hydrogen-bond acceptors (Lipinski definition) is 4. The first kappa shape index (κ1) is 27.4. The van der Waals surface area contributed by atoms with Gasteiger partial charge >= 0.3 is 12.8 Å². The Morgan fingerprint density at radius 1 is 1.22 bits per heavy atom. The van der Waals surface area contributed by atoms with Gasteiger partial charge in [-0.2, -0.15) is 22.0 Å². The Hall–Kier alpha value is -2.63. The zero-order valence-corrected chi connectivity index (χ0v) is 17.8. The maximum Gasteiger partial charge on any atom is 0.418 e. The van der Waals surface area contributed by atoms with E-state index in [9.17, 15) is 35.5 Å². The van der Waals surface area contributed by atoms with Gasteiger partial charge in [0, 0.05) is 25.4 Å². The van der Waals surface area contributed by atoms with Gasteiger partial charge in [0.15, 0.2) is 0 Å². The third-order valence-electron chi connectivity index (χ3n) is 4.14. The second-order valence-corrected chi connectivity index (χ2v) is 6.43. The van der Waals surface area contributed by atoms with Crippen LogP contribution in [0.5, 0.6) is 5.75 Å². The zero-order chi connectivity index (χ0) is 24.7. The second kappa shape index (κ2) is 11.3. The fraction of sp³-hybridized carbons (Fsp3) is 0.500. The average Bonchev–Trinajstić information content (AvgIpc) is 3.12. The fourth-order valence-electron chi connectivity index (χ4n) is 2.73. The van der Waals surface area contributed by atoms with Gasteiger partial charge in [0.1, 0.15) is 11.4 Å². The molecule has 1 aliphatic heterocycles. The summed E-state index contributed by atoms with van der Waals surface area (Å²) in [4.78, 5) is 15.3. The summed E-state index contributed by atoms with van der Waals surface area (Å²) in [6.45, 7) is 2.52. The smallest absolute Gasteiger partial charge is 0.418 e. The molecule has 1 amide bonds. The lowest BCUT2D eigenvalue weighted by atomic mass is 10.0. The fourth-order valence-corrected chi connectivity index (χ4v) is 2.73. The Morgan fingerprint density at radius 3 is 2.25 bits per heavy atom. The third-order valence-corrected chi connectivity index (χ3v) is 4.14. The van der Waals surface area contributed by atoms with Gasteiger partial charge in [-0.25, -0.2) is 13.8 Å². The number of ether oxygens (including phenoxy) is 1. The van der Waals surface area contributed by atoms with Crippen LogP contribution in [0.3, 0.4) is 0 Å². The number of rotatable bonds is 3. The molecule has 0 bridgehead atoms. The maximum absolute atomic E-state index is 13.2. The number of nitrogens with zero attached hydrogens (tertiary/aromatic N) is 1. The lowest BCUT2D eigenvalue weighted by Gasteiger charge is -2.15. The maximum atomic E-state index is 13.2. The van der Waals surface area contributed by atoms with Crippen molar-refractivity contribution in [1.82, 2.24) is 15.6 Å². The van der Waals surface area contributed by atoms with E-state index in [-0.39, 0.29) is 29.6 Å². The molecule has 3 rings (SSSR count). The monoisotopic (exact) mass is 471 g/mol. The Morgan fingerprint density at radius 2 is 1.84 bits per heavy atom. The number of aryl methyl sites for hydroxylation is 1. The van der Waals surface area contributed by atoms with Crippen LogP contribution >= 0.6 is 0 Å². The summed E-state index contributed by atoms with van der Waals surface area (Å²) in [6, 6.07) is 2.74. The minimum absolute atomic E-state index is 0.00694. The average molecular weight is 471 g/mol. The number of fused-ring (bicyclic) bond motifs is 1. The van der Waals surface area contributed by atoms with Crippen molar-refractivity contribution in [3.8, 4) is 5.75 Å². The summed E-state index contributed by atoms with van der Waals surface area (Å²) in [5, 5.41) is 4.80. The molecule has 1 aromatic carbocycles. The Kier molecular flexibility index (Phi) is 9.68.